The van der Waals surface area contributed by atoms with Crippen LogP contribution in [-0.4, -0.2) is 53.6 Å². The van der Waals surface area contributed by atoms with Gasteiger partial charge in [0.2, 0.25) is 0 Å². The third-order valence-electron chi connectivity index (χ3n) is 4.83. The molecule has 0 saturated carbocycles. The lowest BCUT2D eigenvalue weighted by molar-refractivity contribution is -0.133. The zero-order chi connectivity index (χ0) is 19.5. The van der Waals surface area contributed by atoms with Gasteiger partial charge >= 0.3 is 0 Å². The van der Waals surface area contributed by atoms with Crippen LogP contribution in [0.5, 0.6) is 5.75 Å². The lowest BCUT2D eigenvalue weighted by Crippen LogP contribution is -2.50. The Morgan fingerprint density at radius 2 is 1.64 bits per heavy atom. The molecule has 0 unspecified atom stereocenters. The highest BCUT2D eigenvalue weighted by atomic mass is 35.5. The number of carbonyl (C=O) groups is 1. The maximum absolute atomic E-state index is 12.5. The number of amides is 1. The summed E-state index contributed by atoms with van der Waals surface area (Å²) < 4.78 is 5.57. The fourth-order valence-electron chi connectivity index (χ4n) is 3.31. The third-order valence-corrected chi connectivity index (χ3v) is 5.08. The van der Waals surface area contributed by atoms with E-state index < -0.39 is 0 Å². The van der Waals surface area contributed by atoms with Crippen molar-refractivity contribution in [2.75, 3.05) is 37.7 Å². The van der Waals surface area contributed by atoms with Crippen LogP contribution in [-0.2, 0) is 4.79 Å². The lowest BCUT2D eigenvalue weighted by Gasteiger charge is -2.35. The number of hydrogen-bond donors (Lipinski definition) is 0. The van der Waals surface area contributed by atoms with E-state index in [2.05, 4.69) is 9.88 Å². The number of carbonyl (C=O) groups excluding carboxylic acids is 1. The zero-order valence-corrected chi connectivity index (χ0v) is 16.4. The maximum Gasteiger partial charge on any atom is 0.260 e. The van der Waals surface area contributed by atoms with Gasteiger partial charge in [0.25, 0.3) is 5.91 Å². The molecule has 1 amide bonds. The highest BCUT2D eigenvalue weighted by Crippen LogP contribution is 2.21. The monoisotopic (exact) mass is 396 g/mol. The number of para-hydroxylation sites is 2. The van der Waals surface area contributed by atoms with Crippen molar-refractivity contribution in [1.29, 1.82) is 0 Å². The minimum atomic E-state index is -0.0177. The van der Waals surface area contributed by atoms with Crippen molar-refractivity contribution in [3.8, 4) is 5.75 Å². The molecule has 6 nitrogen and oxygen atoms in total. The van der Waals surface area contributed by atoms with Gasteiger partial charge in [-0.05, 0) is 43.3 Å². The molecule has 0 aliphatic carbocycles. The van der Waals surface area contributed by atoms with E-state index in [1.54, 1.807) is 24.3 Å². The van der Waals surface area contributed by atoms with Gasteiger partial charge in [-0.2, -0.15) is 0 Å². The van der Waals surface area contributed by atoms with Crippen molar-refractivity contribution in [3.63, 3.8) is 0 Å². The Hall–Kier alpha value is -2.86. The van der Waals surface area contributed by atoms with Crippen molar-refractivity contribution in [1.82, 2.24) is 14.9 Å². The predicted octanol–water partition coefficient (Wildman–Crippen LogP) is 3.32. The number of halogens is 1. The number of nitrogens with zero attached hydrogens (tertiary/aromatic N) is 4. The van der Waals surface area contributed by atoms with Crippen LogP contribution in [0.2, 0.25) is 5.02 Å². The summed E-state index contributed by atoms with van der Waals surface area (Å²) in [5.41, 5.74) is 2.69. The number of rotatable bonds is 4. The minimum Gasteiger partial charge on any atom is -0.484 e. The molecule has 1 aliphatic rings. The number of anilines is 1. The molecule has 0 spiro atoms. The second-order valence-electron chi connectivity index (χ2n) is 6.73. The van der Waals surface area contributed by atoms with Crippen LogP contribution < -0.4 is 9.64 Å². The summed E-state index contributed by atoms with van der Waals surface area (Å²) in [7, 11) is 0. The summed E-state index contributed by atoms with van der Waals surface area (Å²) in [6.45, 7) is 4.72. The molecule has 28 heavy (non-hydrogen) atoms. The first-order chi connectivity index (χ1) is 13.6. The van der Waals surface area contributed by atoms with Gasteiger partial charge in [-0.25, -0.2) is 9.97 Å². The number of fused-ring (bicyclic) bond motifs is 1. The molecule has 0 atom stereocenters. The molecule has 3 aromatic rings. The molecule has 1 fully saturated rings. The summed E-state index contributed by atoms with van der Waals surface area (Å²) in [5.74, 6) is 1.51. The molecule has 0 N–H and O–H groups in total. The number of aromatic nitrogens is 2. The van der Waals surface area contributed by atoms with Crippen molar-refractivity contribution in [2.24, 2.45) is 0 Å². The van der Waals surface area contributed by atoms with E-state index >= 15 is 0 Å². The Kier molecular flexibility index (Phi) is 5.30. The van der Waals surface area contributed by atoms with Crippen LogP contribution in [0.3, 0.4) is 0 Å². The first kappa shape index (κ1) is 18.5. The Morgan fingerprint density at radius 1 is 1.00 bits per heavy atom. The van der Waals surface area contributed by atoms with Gasteiger partial charge in [0.15, 0.2) is 12.4 Å². The molecule has 1 aliphatic heterocycles. The molecule has 1 saturated heterocycles. The Bertz CT molecular complexity index is 985. The van der Waals surface area contributed by atoms with Crippen molar-refractivity contribution >= 4 is 34.4 Å². The molecule has 2 heterocycles. The Labute approximate surface area is 168 Å². The standard InChI is InChI=1S/C21H21ClN4O2/c1-15-21(24-19-5-3-2-4-18(19)23-15)26-12-10-25(11-13-26)20(27)14-28-17-8-6-16(22)7-9-17/h2-9H,10-14H2,1H3. The molecule has 2 aromatic carbocycles. The van der Waals surface area contributed by atoms with Gasteiger partial charge in [0.05, 0.1) is 16.7 Å². The van der Waals surface area contributed by atoms with Gasteiger partial charge in [-0.3, -0.25) is 4.79 Å². The SMILES string of the molecule is Cc1nc2ccccc2nc1N1CCN(C(=O)COc2ccc(Cl)cc2)CC1. The number of aryl methyl sites for hydroxylation is 1. The summed E-state index contributed by atoms with van der Waals surface area (Å²) in [6, 6.07) is 14.9. The molecule has 1 aromatic heterocycles. The number of ether oxygens (including phenoxy) is 1. The molecule has 0 radical (unpaired) electrons. The number of piperazine rings is 1. The summed E-state index contributed by atoms with van der Waals surface area (Å²) in [4.78, 5) is 25.9. The van der Waals surface area contributed by atoms with Crippen molar-refractivity contribution in [2.45, 2.75) is 6.92 Å². The van der Waals surface area contributed by atoms with Crippen LogP contribution in [0, 0.1) is 6.92 Å². The van der Waals surface area contributed by atoms with Gasteiger partial charge in [0.1, 0.15) is 5.75 Å². The normalized spacial score (nSPS) is 14.4. The van der Waals surface area contributed by atoms with Crippen molar-refractivity contribution < 1.29 is 9.53 Å². The number of benzene rings is 2. The highest BCUT2D eigenvalue weighted by molar-refractivity contribution is 6.30. The van der Waals surface area contributed by atoms with Gasteiger partial charge in [-0.15, -0.1) is 0 Å². The fourth-order valence-corrected chi connectivity index (χ4v) is 3.44. The van der Waals surface area contributed by atoms with E-state index in [1.807, 2.05) is 36.1 Å². The molecule has 4 rings (SSSR count). The molecule has 0 bridgehead atoms. The topological polar surface area (TPSA) is 58.6 Å². The van der Waals surface area contributed by atoms with Gasteiger partial charge in [0, 0.05) is 31.2 Å². The van der Waals surface area contributed by atoms with Gasteiger partial charge < -0.3 is 14.5 Å². The molecule has 144 valence electrons. The molecular formula is C21H21ClN4O2. The number of hydrogen-bond acceptors (Lipinski definition) is 5. The average Bonchev–Trinajstić information content (AvgIpc) is 2.73. The van der Waals surface area contributed by atoms with Crippen LogP contribution in [0.25, 0.3) is 11.0 Å². The largest absolute Gasteiger partial charge is 0.484 e. The average molecular weight is 397 g/mol. The maximum atomic E-state index is 12.5. The van der Waals surface area contributed by atoms with Gasteiger partial charge in [-0.1, -0.05) is 23.7 Å². The first-order valence-electron chi connectivity index (χ1n) is 9.24. The van der Waals surface area contributed by atoms with Crippen molar-refractivity contribution in [3.05, 3.63) is 59.2 Å². The third kappa shape index (κ3) is 4.02. The Balaban J connectivity index is 1.36. The van der Waals surface area contributed by atoms with E-state index in [0.29, 0.717) is 23.9 Å². The summed E-state index contributed by atoms with van der Waals surface area (Å²) in [6.07, 6.45) is 0. The van der Waals surface area contributed by atoms with E-state index in [0.717, 1.165) is 35.6 Å². The second-order valence-corrected chi connectivity index (χ2v) is 7.17. The Morgan fingerprint density at radius 3 is 2.32 bits per heavy atom. The fraction of sp³-hybridized carbons (Fsp3) is 0.286. The highest BCUT2D eigenvalue weighted by Gasteiger charge is 2.23. The molecular weight excluding hydrogens is 376 g/mol. The quantitative estimate of drug-likeness (QED) is 0.677. The predicted molar refractivity (Wildman–Crippen MR) is 110 cm³/mol. The molecule has 7 heteroatoms. The van der Waals surface area contributed by atoms with Crippen LogP contribution in [0.1, 0.15) is 5.69 Å². The summed E-state index contributed by atoms with van der Waals surface area (Å²) in [5, 5.41) is 0.641. The van der Waals surface area contributed by atoms with E-state index in [-0.39, 0.29) is 12.5 Å². The van der Waals surface area contributed by atoms with E-state index in [9.17, 15) is 4.79 Å². The first-order valence-corrected chi connectivity index (χ1v) is 9.62. The summed E-state index contributed by atoms with van der Waals surface area (Å²) >= 11 is 5.86. The van der Waals surface area contributed by atoms with Crippen LogP contribution in [0.4, 0.5) is 5.82 Å². The van der Waals surface area contributed by atoms with E-state index in [1.165, 1.54) is 0 Å². The lowest BCUT2D eigenvalue weighted by atomic mass is 10.2. The minimum absolute atomic E-state index is 0.0177. The smallest absolute Gasteiger partial charge is 0.260 e. The zero-order valence-electron chi connectivity index (χ0n) is 15.6. The van der Waals surface area contributed by atoms with Crippen LogP contribution in [0.15, 0.2) is 48.5 Å². The second kappa shape index (κ2) is 8.02. The van der Waals surface area contributed by atoms with Crippen LogP contribution >= 0.6 is 11.6 Å². The van der Waals surface area contributed by atoms with E-state index in [4.69, 9.17) is 21.3 Å².